The van der Waals surface area contributed by atoms with Crippen LogP contribution in [0.15, 0.2) is 0 Å². The van der Waals surface area contributed by atoms with Crippen LogP contribution in [0, 0.1) is 29.6 Å². The Labute approximate surface area is 167 Å². The van der Waals surface area contributed by atoms with Gasteiger partial charge in [0, 0.05) is 0 Å². The van der Waals surface area contributed by atoms with Crippen LogP contribution in [-0.2, 0) is 0 Å². The van der Waals surface area contributed by atoms with Crippen molar-refractivity contribution in [3.63, 3.8) is 0 Å². The molecule has 0 saturated heterocycles. The molecule has 1 heteroatoms. The van der Waals surface area contributed by atoms with Crippen LogP contribution in [-0.4, -0.2) is 6.54 Å². The van der Waals surface area contributed by atoms with E-state index in [9.17, 15) is 0 Å². The van der Waals surface area contributed by atoms with Crippen molar-refractivity contribution < 1.29 is 0 Å². The SMILES string of the molecule is CC.CC1CCCC1.CCC[C@H](C)CC1CCC(C(C)CCCN)CC1. The smallest absolute Gasteiger partial charge is 0.00772 e. The van der Waals surface area contributed by atoms with Crippen molar-refractivity contribution in [1.29, 1.82) is 0 Å². The van der Waals surface area contributed by atoms with Crippen LogP contribution in [0.5, 0.6) is 0 Å². The molecule has 0 aliphatic heterocycles. The topological polar surface area (TPSA) is 26.0 Å². The summed E-state index contributed by atoms with van der Waals surface area (Å²) in [5.41, 5.74) is 5.61. The van der Waals surface area contributed by atoms with Gasteiger partial charge in [0.05, 0.1) is 0 Å². The fraction of sp³-hybridized carbons (Fsp3) is 1.00. The van der Waals surface area contributed by atoms with E-state index in [2.05, 4.69) is 27.7 Å². The molecule has 2 fully saturated rings. The molecule has 0 aromatic heterocycles. The highest BCUT2D eigenvalue weighted by atomic mass is 14.5. The summed E-state index contributed by atoms with van der Waals surface area (Å²) in [5.74, 6) is 4.93. The van der Waals surface area contributed by atoms with Gasteiger partial charge in [-0.1, -0.05) is 92.9 Å². The molecule has 0 aromatic rings. The zero-order valence-electron chi connectivity index (χ0n) is 19.4. The first-order valence-electron chi connectivity index (χ1n) is 12.3. The molecular weight excluding hydrogens is 314 g/mol. The number of nitrogens with two attached hydrogens (primary N) is 1. The van der Waals surface area contributed by atoms with Gasteiger partial charge in [-0.3, -0.25) is 0 Å². The Morgan fingerprint density at radius 3 is 1.88 bits per heavy atom. The zero-order valence-corrected chi connectivity index (χ0v) is 19.4. The minimum atomic E-state index is 0.869. The molecule has 0 spiro atoms. The van der Waals surface area contributed by atoms with Crippen LogP contribution < -0.4 is 5.73 Å². The largest absolute Gasteiger partial charge is 0.330 e. The highest BCUT2D eigenvalue weighted by Gasteiger charge is 2.25. The van der Waals surface area contributed by atoms with Gasteiger partial charge in [0.15, 0.2) is 0 Å². The average molecular weight is 368 g/mol. The van der Waals surface area contributed by atoms with Gasteiger partial charge in [-0.2, -0.15) is 0 Å². The third-order valence-electron chi connectivity index (χ3n) is 6.72. The monoisotopic (exact) mass is 367 g/mol. The number of hydrogen-bond acceptors (Lipinski definition) is 1. The molecule has 0 bridgehead atoms. The second kappa shape index (κ2) is 17.1. The lowest BCUT2D eigenvalue weighted by molar-refractivity contribution is 0.186. The predicted octanol–water partition coefficient (Wildman–Crippen LogP) is 8.22. The van der Waals surface area contributed by atoms with Crippen LogP contribution >= 0.6 is 0 Å². The first-order valence-corrected chi connectivity index (χ1v) is 12.3. The Bertz CT molecular complexity index is 274. The minimum absolute atomic E-state index is 0.869. The summed E-state index contributed by atoms with van der Waals surface area (Å²) < 4.78 is 0. The Morgan fingerprint density at radius 1 is 0.885 bits per heavy atom. The van der Waals surface area contributed by atoms with E-state index >= 15 is 0 Å². The zero-order chi connectivity index (χ0) is 19.8. The van der Waals surface area contributed by atoms with E-state index in [0.29, 0.717) is 0 Å². The maximum absolute atomic E-state index is 5.61. The lowest BCUT2D eigenvalue weighted by Crippen LogP contribution is -2.21. The summed E-state index contributed by atoms with van der Waals surface area (Å²) in [7, 11) is 0. The second-order valence-electron chi connectivity index (χ2n) is 9.21. The molecular formula is C25H53N. The van der Waals surface area contributed by atoms with E-state index in [-0.39, 0.29) is 0 Å². The van der Waals surface area contributed by atoms with Gasteiger partial charge in [-0.05, 0) is 68.2 Å². The predicted molar refractivity (Wildman–Crippen MR) is 121 cm³/mol. The molecule has 158 valence electrons. The lowest BCUT2D eigenvalue weighted by Gasteiger charge is -2.33. The van der Waals surface area contributed by atoms with Crippen molar-refractivity contribution >= 4 is 0 Å². The molecule has 1 nitrogen and oxygen atoms in total. The highest BCUT2D eigenvalue weighted by molar-refractivity contribution is 4.77. The molecule has 2 saturated carbocycles. The van der Waals surface area contributed by atoms with Gasteiger partial charge < -0.3 is 5.73 Å². The van der Waals surface area contributed by atoms with Gasteiger partial charge in [0.1, 0.15) is 0 Å². The van der Waals surface area contributed by atoms with Crippen molar-refractivity contribution in [2.45, 2.75) is 125 Å². The van der Waals surface area contributed by atoms with E-state index in [0.717, 1.165) is 36.1 Å². The molecule has 0 heterocycles. The van der Waals surface area contributed by atoms with Crippen LogP contribution in [0.3, 0.4) is 0 Å². The molecule has 0 aromatic carbocycles. The van der Waals surface area contributed by atoms with E-state index in [1.807, 2.05) is 13.8 Å². The van der Waals surface area contributed by atoms with Crippen LogP contribution in [0.25, 0.3) is 0 Å². The van der Waals surface area contributed by atoms with Crippen LogP contribution in [0.4, 0.5) is 0 Å². The molecule has 1 unspecified atom stereocenters. The van der Waals surface area contributed by atoms with Crippen molar-refractivity contribution in [2.75, 3.05) is 6.54 Å². The van der Waals surface area contributed by atoms with Crippen LogP contribution in [0.2, 0.25) is 0 Å². The van der Waals surface area contributed by atoms with Crippen molar-refractivity contribution in [2.24, 2.45) is 35.3 Å². The van der Waals surface area contributed by atoms with Crippen LogP contribution in [0.1, 0.15) is 125 Å². The standard InChI is InChI=1S/C17H35N.C6H12.C2H6/c1-4-6-14(2)13-16-8-10-17(11-9-16)15(3)7-5-12-18;1-6-4-2-3-5-6;1-2/h14-17H,4-13,18H2,1-3H3;6H,2-5H2,1H3;1-2H3/t14-,15?,16?,17?;;/m0../s1. The first-order chi connectivity index (χ1) is 12.6. The van der Waals surface area contributed by atoms with Gasteiger partial charge >= 0.3 is 0 Å². The Kier molecular flexibility index (Phi) is 17.1. The first kappa shape index (κ1) is 26.0. The average Bonchev–Trinajstić information content (AvgIpc) is 3.13. The molecule has 2 aliphatic rings. The van der Waals surface area contributed by atoms with Crippen molar-refractivity contribution in [3.05, 3.63) is 0 Å². The van der Waals surface area contributed by atoms with Gasteiger partial charge in [0.2, 0.25) is 0 Å². The van der Waals surface area contributed by atoms with Gasteiger partial charge in [0.25, 0.3) is 0 Å². The Hall–Kier alpha value is -0.0400. The van der Waals surface area contributed by atoms with Gasteiger partial charge in [-0.15, -0.1) is 0 Å². The van der Waals surface area contributed by atoms with E-state index in [4.69, 9.17) is 5.73 Å². The van der Waals surface area contributed by atoms with Gasteiger partial charge in [-0.25, -0.2) is 0 Å². The highest BCUT2D eigenvalue weighted by Crippen LogP contribution is 2.37. The molecule has 2 atom stereocenters. The summed E-state index contributed by atoms with van der Waals surface area (Å²) in [4.78, 5) is 0. The lowest BCUT2D eigenvalue weighted by atomic mass is 9.73. The molecule has 2 N–H and O–H groups in total. The molecule has 0 radical (unpaired) electrons. The maximum Gasteiger partial charge on any atom is -0.00772 e. The van der Waals surface area contributed by atoms with Crippen molar-refractivity contribution in [3.8, 4) is 0 Å². The summed E-state index contributed by atoms with van der Waals surface area (Å²) in [6.07, 6.45) is 18.7. The molecule has 2 rings (SSSR count). The summed E-state index contributed by atoms with van der Waals surface area (Å²) in [5, 5.41) is 0. The summed E-state index contributed by atoms with van der Waals surface area (Å²) in [6.45, 7) is 14.4. The Morgan fingerprint density at radius 2 is 1.46 bits per heavy atom. The van der Waals surface area contributed by atoms with Crippen molar-refractivity contribution in [1.82, 2.24) is 0 Å². The fourth-order valence-corrected chi connectivity index (χ4v) is 4.98. The third kappa shape index (κ3) is 12.4. The second-order valence-corrected chi connectivity index (χ2v) is 9.21. The quantitative estimate of drug-likeness (QED) is 0.459. The fourth-order valence-electron chi connectivity index (χ4n) is 4.98. The third-order valence-corrected chi connectivity index (χ3v) is 6.72. The molecule has 26 heavy (non-hydrogen) atoms. The minimum Gasteiger partial charge on any atom is -0.330 e. The number of hydrogen-bond donors (Lipinski definition) is 1. The van der Waals surface area contributed by atoms with E-state index in [1.54, 1.807) is 0 Å². The Balaban J connectivity index is 0.000000648. The van der Waals surface area contributed by atoms with E-state index in [1.165, 1.54) is 83.5 Å². The molecule has 2 aliphatic carbocycles. The summed E-state index contributed by atoms with van der Waals surface area (Å²) >= 11 is 0. The maximum atomic E-state index is 5.61. The number of rotatable bonds is 8. The van der Waals surface area contributed by atoms with E-state index < -0.39 is 0 Å². The summed E-state index contributed by atoms with van der Waals surface area (Å²) in [6, 6.07) is 0. The molecule has 0 amide bonds. The normalized spacial score (nSPS) is 25.5.